The minimum Gasteiger partial charge on any atom is -0.505 e. The first-order valence-electron chi connectivity index (χ1n) is 6.13. The molecule has 4 N–H and O–H groups in total. The number of benzene rings is 1. The Morgan fingerprint density at radius 1 is 1.24 bits per heavy atom. The number of carboxylic acid groups (broad SMARTS) is 1. The Hall–Kier alpha value is -2.54. The summed E-state index contributed by atoms with van der Waals surface area (Å²) in [5.41, 5.74) is -0.212. The van der Waals surface area contributed by atoms with Crippen molar-refractivity contribution in [1.82, 2.24) is 5.32 Å². The van der Waals surface area contributed by atoms with Gasteiger partial charge in [-0.1, -0.05) is 6.07 Å². The Kier molecular flexibility index (Phi) is 4.44. The molecule has 0 fully saturated rings. The van der Waals surface area contributed by atoms with Crippen molar-refractivity contribution in [2.24, 2.45) is 0 Å². The second kappa shape index (κ2) is 6.27. The average molecular weight is 306 g/mol. The number of carboxylic acids is 1. The van der Waals surface area contributed by atoms with Crippen LogP contribution in [0.15, 0.2) is 30.3 Å². The number of thiophene rings is 1. The van der Waals surface area contributed by atoms with Crippen molar-refractivity contribution in [3.8, 4) is 5.75 Å². The third-order valence-corrected chi connectivity index (χ3v) is 3.73. The van der Waals surface area contributed by atoms with Gasteiger partial charge in [0.1, 0.15) is 5.56 Å². The van der Waals surface area contributed by atoms with Crippen molar-refractivity contribution in [2.75, 3.05) is 5.32 Å². The molecule has 1 aromatic heterocycles. The number of anilines is 1. The Morgan fingerprint density at radius 3 is 2.62 bits per heavy atom. The maximum atomic E-state index is 11.7. The molecule has 21 heavy (non-hydrogen) atoms. The zero-order chi connectivity index (χ0) is 15.4. The van der Waals surface area contributed by atoms with E-state index in [4.69, 9.17) is 5.11 Å². The van der Waals surface area contributed by atoms with Gasteiger partial charge in [-0.15, -0.1) is 11.3 Å². The second-order valence-corrected chi connectivity index (χ2v) is 5.70. The third kappa shape index (κ3) is 3.73. The molecular formula is C14H14N2O4S. The highest BCUT2D eigenvalue weighted by atomic mass is 32.1. The molecule has 2 rings (SSSR count). The van der Waals surface area contributed by atoms with E-state index in [9.17, 15) is 14.7 Å². The number of rotatable bonds is 4. The molecule has 1 heterocycles. The van der Waals surface area contributed by atoms with Crippen LogP contribution in [0.5, 0.6) is 5.75 Å². The summed E-state index contributed by atoms with van der Waals surface area (Å²) in [6, 6.07) is 7.50. The summed E-state index contributed by atoms with van der Waals surface area (Å²) in [6.07, 6.45) is 0. The predicted octanol–water partition coefficient (Wildman–Crippen LogP) is 2.78. The molecule has 7 heteroatoms. The number of aromatic hydroxyl groups is 1. The van der Waals surface area contributed by atoms with Gasteiger partial charge in [-0.05, 0) is 31.2 Å². The largest absolute Gasteiger partial charge is 0.505 e. The summed E-state index contributed by atoms with van der Waals surface area (Å²) in [5, 5.41) is 23.7. The van der Waals surface area contributed by atoms with Crippen molar-refractivity contribution in [2.45, 2.75) is 13.5 Å². The second-order valence-electron chi connectivity index (χ2n) is 4.33. The van der Waals surface area contributed by atoms with Gasteiger partial charge < -0.3 is 20.8 Å². The van der Waals surface area contributed by atoms with E-state index in [0.29, 0.717) is 6.54 Å². The molecule has 2 amide bonds. The highest BCUT2D eigenvalue weighted by molar-refractivity contribution is 7.11. The van der Waals surface area contributed by atoms with Gasteiger partial charge in [0.25, 0.3) is 0 Å². The average Bonchev–Trinajstić information content (AvgIpc) is 2.84. The van der Waals surface area contributed by atoms with Gasteiger partial charge in [-0.2, -0.15) is 0 Å². The number of aryl methyl sites for hydroxylation is 1. The van der Waals surface area contributed by atoms with E-state index in [0.717, 1.165) is 9.75 Å². The minimum absolute atomic E-state index is 0.0507. The summed E-state index contributed by atoms with van der Waals surface area (Å²) >= 11 is 1.58. The molecule has 0 saturated carbocycles. The molecule has 0 aliphatic heterocycles. The lowest BCUT2D eigenvalue weighted by Gasteiger charge is -2.09. The maximum absolute atomic E-state index is 11.7. The van der Waals surface area contributed by atoms with E-state index >= 15 is 0 Å². The lowest BCUT2D eigenvalue weighted by Crippen LogP contribution is -2.28. The predicted molar refractivity (Wildman–Crippen MR) is 80.0 cm³/mol. The fraction of sp³-hybridized carbons (Fsp3) is 0.143. The van der Waals surface area contributed by atoms with Crippen LogP contribution >= 0.6 is 11.3 Å². The molecule has 0 spiro atoms. The summed E-state index contributed by atoms with van der Waals surface area (Å²) in [5.74, 6) is -1.72. The first kappa shape index (κ1) is 14.9. The molecule has 0 aliphatic carbocycles. The number of amides is 2. The van der Waals surface area contributed by atoms with Crippen molar-refractivity contribution >= 4 is 29.0 Å². The Balaban J connectivity index is 1.99. The van der Waals surface area contributed by atoms with Crippen LogP contribution < -0.4 is 10.6 Å². The van der Waals surface area contributed by atoms with Crippen LogP contribution in [0.4, 0.5) is 10.5 Å². The van der Waals surface area contributed by atoms with Crippen molar-refractivity contribution < 1.29 is 19.8 Å². The first-order valence-corrected chi connectivity index (χ1v) is 6.94. The van der Waals surface area contributed by atoms with Crippen LogP contribution in [0.25, 0.3) is 0 Å². The number of carbonyl (C=O) groups is 2. The van der Waals surface area contributed by atoms with Crippen LogP contribution in [0.3, 0.4) is 0 Å². The Morgan fingerprint density at radius 2 is 2.00 bits per heavy atom. The van der Waals surface area contributed by atoms with E-state index < -0.39 is 17.7 Å². The molecule has 0 aliphatic rings. The smallest absolute Gasteiger partial charge is 0.339 e. The maximum Gasteiger partial charge on any atom is 0.339 e. The van der Waals surface area contributed by atoms with Gasteiger partial charge in [0.05, 0.1) is 12.2 Å². The number of nitrogens with one attached hydrogen (secondary N) is 2. The molecule has 0 saturated heterocycles. The monoisotopic (exact) mass is 306 g/mol. The standard InChI is InChI=1S/C14H14N2O4S/c1-8-5-6-9(21-8)7-15-14(20)16-11-4-2-3-10(12(11)17)13(18)19/h2-6,17H,7H2,1H3,(H,18,19)(H2,15,16,20). The van der Waals surface area contributed by atoms with E-state index in [1.54, 1.807) is 11.3 Å². The van der Waals surface area contributed by atoms with Crippen LogP contribution in [-0.2, 0) is 6.54 Å². The lowest BCUT2D eigenvalue weighted by atomic mass is 10.2. The summed E-state index contributed by atoms with van der Waals surface area (Å²) in [7, 11) is 0. The van der Waals surface area contributed by atoms with Crippen molar-refractivity contribution in [1.29, 1.82) is 0 Å². The molecule has 0 radical (unpaired) electrons. The fourth-order valence-electron chi connectivity index (χ4n) is 1.73. The normalized spacial score (nSPS) is 10.1. The zero-order valence-corrected chi connectivity index (χ0v) is 12.0. The van der Waals surface area contributed by atoms with Crippen LogP contribution in [0, 0.1) is 6.92 Å². The quantitative estimate of drug-likeness (QED) is 0.653. The number of aromatic carboxylic acids is 1. The molecular weight excluding hydrogens is 292 g/mol. The zero-order valence-electron chi connectivity index (χ0n) is 11.2. The molecule has 6 nitrogen and oxygen atoms in total. The van der Waals surface area contributed by atoms with Crippen molar-refractivity contribution in [3.63, 3.8) is 0 Å². The molecule has 2 aromatic rings. The van der Waals surface area contributed by atoms with Gasteiger partial charge in [-0.3, -0.25) is 0 Å². The van der Waals surface area contributed by atoms with E-state index in [1.165, 1.54) is 18.2 Å². The summed E-state index contributed by atoms with van der Waals surface area (Å²) in [4.78, 5) is 24.8. The number of hydrogen-bond donors (Lipinski definition) is 4. The van der Waals surface area contributed by atoms with Gasteiger partial charge >= 0.3 is 12.0 Å². The van der Waals surface area contributed by atoms with Crippen LogP contribution in [0.2, 0.25) is 0 Å². The van der Waals surface area contributed by atoms with E-state index in [-0.39, 0.29) is 11.3 Å². The third-order valence-electron chi connectivity index (χ3n) is 2.73. The molecule has 0 atom stereocenters. The molecule has 0 bridgehead atoms. The van der Waals surface area contributed by atoms with Gasteiger partial charge in [0.2, 0.25) is 0 Å². The van der Waals surface area contributed by atoms with E-state index in [2.05, 4.69) is 10.6 Å². The summed E-state index contributed by atoms with van der Waals surface area (Å²) in [6.45, 7) is 2.34. The number of para-hydroxylation sites is 1. The summed E-state index contributed by atoms with van der Waals surface area (Å²) < 4.78 is 0. The molecule has 1 aromatic carbocycles. The molecule has 0 unspecified atom stereocenters. The Bertz CT molecular complexity index is 681. The number of carbonyl (C=O) groups excluding carboxylic acids is 1. The lowest BCUT2D eigenvalue weighted by molar-refractivity contribution is 0.0693. The molecule has 110 valence electrons. The van der Waals surface area contributed by atoms with Gasteiger partial charge in [-0.25, -0.2) is 9.59 Å². The number of hydrogen-bond acceptors (Lipinski definition) is 4. The van der Waals surface area contributed by atoms with E-state index in [1.807, 2.05) is 19.1 Å². The highest BCUT2D eigenvalue weighted by Crippen LogP contribution is 2.27. The van der Waals surface area contributed by atoms with Gasteiger partial charge in [0, 0.05) is 9.75 Å². The minimum atomic E-state index is -1.26. The first-order chi connectivity index (χ1) is 9.97. The van der Waals surface area contributed by atoms with Gasteiger partial charge in [0.15, 0.2) is 5.75 Å². The number of urea groups is 1. The Labute approximate surface area is 125 Å². The topological polar surface area (TPSA) is 98.7 Å². The van der Waals surface area contributed by atoms with Crippen molar-refractivity contribution in [3.05, 3.63) is 45.6 Å². The fourth-order valence-corrected chi connectivity index (χ4v) is 2.56. The SMILES string of the molecule is Cc1ccc(CNC(=O)Nc2cccc(C(=O)O)c2O)s1. The van der Waals surface area contributed by atoms with Crippen LogP contribution in [-0.4, -0.2) is 22.2 Å². The highest BCUT2D eigenvalue weighted by Gasteiger charge is 2.14. The number of phenols is 1. The van der Waals surface area contributed by atoms with Crippen LogP contribution in [0.1, 0.15) is 20.1 Å².